The number of Topliss-reactive ketones (excluding diaryl/α,β-unsaturated/α-hetero) is 1. The van der Waals surface area contributed by atoms with Gasteiger partial charge in [0.15, 0.2) is 5.78 Å². The molecule has 0 amide bonds. The average Bonchev–Trinajstić information content (AvgIpc) is 3.53. The molecule has 0 N–H and O–H groups in total. The third-order valence-electron chi connectivity index (χ3n) is 9.39. The maximum absolute atomic E-state index is 14.2. The predicted molar refractivity (Wildman–Crippen MR) is 189 cm³/mol. The lowest BCUT2D eigenvalue weighted by atomic mass is 9.78. The lowest BCUT2D eigenvalue weighted by Crippen LogP contribution is -2.27. The topological polar surface area (TPSA) is 51.7 Å². The minimum Gasteiger partial charge on any atom is -0.775 e. The Morgan fingerprint density at radius 3 is 2.28 bits per heavy atom. The molecule has 1 aliphatic carbocycles. The molecule has 46 heavy (non-hydrogen) atoms. The summed E-state index contributed by atoms with van der Waals surface area (Å²) in [5.74, 6) is 2.99. The summed E-state index contributed by atoms with van der Waals surface area (Å²) in [5.41, 5.74) is 5.53. The van der Waals surface area contributed by atoms with Gasteiger partial charge < -0.3 is 9.98 Å². The van der Waals surface area contributed by atoms with Crippen LogP contribution in [0.15, 0.2) is 101 Å². The van der Waals surface area contributed by atoms with Crippen LogP contribution in [-0.4, -0.2) is 33.1 Å². The molecule has 0 unspecified atom stereocenters. The highest BCUT2D eigenvalue weighted by Gasteiger charge is 2.38. The first-order valence-corrected chi connectivity index (χ1v) is 16.2. The Morgan fingerprint density at radius 2 is 1.59 bits per heavy atom. The van der Waals surface area contributed by atoms with Crippen LogP contribution in [0.2, 0.25) is 0 Å². The summed E-state index contributed by atoms with van der Waals surface area (Å²) in [5, 5.41) is 16.8. The average molecular weight is 601 g/mol. The number of hydrogen-bond acceptors (Lipinski definition) is 1. The van der Waals surface area contributed by atoms with Crippen LogP contribution >= 0.6 is 0 Å². The van der Waals surface area contributed by atoms with E-state index >= 15 is 0 Å². The molecule has 0 radical (unpaired) electrons. The molecule has 0 saturated heterocycles. The molecule has 1 aromatic heterocycles. The zero-order chi connectivity index (χ0) is 32.1. The number of aryl methyl sites for hydroxylation is 1. The summed E-state index contributed by atoms with van der Waals surface area (Å²) >= 11 is 0. The molecule has 7 rings (SSSR count). The number of aromatic nitrogens is 1. The monoisotopic (exact) mass is 600 g/mol. The van der Waals surface area contributed by atoms with Crippen molar-refractivity contribution in [2.75, 3.05) is 6.54 Å². The Kier molecular flexibility index (Phi) is 7.40. The van der Waals surface area contributed by atoms with Crippen molar-refractivity contribution in [3.63, 3.8) is 0 Å². The summed E-state index contributed by atoms with van der Waals surface area (Å²) in [6.07, 6.45) is 5.83. The van der Waals surface area contributed by atoms with Crippen LogP contribution in [0.5, 0.6) is 0 Å². The third kappa shape index (κ3) is 4.66. The minimum atomic E-state index is -0.134. The molecule has 2 heterocycles. The first kappa shape index (κ1) is 29.4. The third-order valence-corrected chi connectivity index (χ3v) is 9.39. The van der Waals surface area contributed by atoms with E-state index in [4.69, 9.17) is 6.57 Å². The second-order valence-electron chi connectivity index (χ2n) is 13.2. The number of allylic oxidation sites excluding steroid dienone is 3. The number of rotatable bonds is 9. The minimum absolute atomic E-state index is 0.0526. The van der Waals surface area contributed by atoms with Gasteiger partial charge in [-0.1, -0.05) is 82.3 Å². The van der Waals surface area contributed by atoms with E-state index in [-0.39, 0.29) is 11.5 Å². The lowest BCUT2D eigenvalue weighted by molar-refractivity contribution is -0.437. The van der Waals surface area contributed by atoms with Gasteiger partial charge in [0.25, 0.3) is 0 Å². The molecule has 0 atom stereocenters. The van der Waals surface area contributed by atoms with E-state index < -0.39 is 0 Å². The van der Waals surface area contributed by atoms with Gasteiger partial charge in [-0.3, -0.25) is 10.7 Å². The van der Waals surface area contributed by atoms with Gasteiger partial charge in [-0.2, -0.15) is 4.58 Å². The SMILES string of the molecule is [C-]#[N+]C(=C=[N-])C1=C(/C=c2\c3cccc4cccc(c43)n2CCC(C)C)C(=O)/C1=C\C1=[N+](CCC(C)C)c2cccc3cccc1c23. The molecule has 5 aromatic rings. The van der Waals surface area contributed by atoms with E-state index in [9.17, 15) is 10.2 Å². The molecule has 0 bridgehead atoms. The molecule has 0 saturated carbocycles. The maximum Gasteiger partial charge on any atom is 0.214 e. The van der Waals surface area contributed by atoms with Crippen molar-refractivity contribution in [1.82, 2.24) is 4.57 Å². The summed E-state index contributed by atoms with van der Waals surface area (Å²) in [7, 11) is 0. The maximum atomic E-state index is 14.2. The highest BCUT2D eigenvalue weighted by molar-refractivity contribution is 6.31. The fourth-order valence-electron chi connectivity index (χ4n) is 7.03. The zero-order valence-electron chi connectivity index (χ0n) is 26.8. The van der Waals surface area contributed by atoms with Crippen LogP contribution in [0.1, 0.15) is 46.1 Å². The summed E-state index contributed by atoms with van der Waals surface area (Å²) in [6.45, 7) is 18.4. The van der Waals surface area contributed by atoms with Crippen LogP contribution < -0.4 is 5.35 Å². The lowest BCUT2D eigenvalue weighted by Gasteiger charge is -2.23. The van der Waals surface area contributed by atoms with Gasteiger partial charge in [-0.15, -0.1) is 0 Å². The summed E-state index contributed by atoms with van der Waals surface area (Å²) in [4.78, 5) is 17.8. The van der Waals surface area contributed by atoms with Crippen molar-refractivity contribution in [3.8, 4) is 0 Å². The summed E-state index contributed by atoms with van der Waals surface area (Å²) in [6, 6.07) is 25.2. The van der Waals surface area contributed by atoms with Gasteiger partial charge in [0.05, 0.1) is 17.5 Å². The van der Waals surface area contributed by atoms with Crippen molar-refractivity contribution < 1.29 is 9.37 Å². The summed E-state index contributed by atoms with van der Waals surface area (Å²) < 4.78 is 4.61. The highest BCUT2D eigenvalue weighted by Crippen LogP contribution is 2.41. The first-order chi connectivity index (χ1) is 22.3. The molecular weight excluding hydrogens is 564 g/mol. The molecular formula is C41H36N4O. The van der Waals surface area contributed by atoms with Crippen molar-refractivity contribution in [2.45, 2.75) is 47.1 Å². The Hall–Kier alpha value is -5.30. The van der Waals surface area contributed by atoms with Gasteiger partial charge in [0, 0.05) is 63.5 Å². The van der Waals surface area contributed by atoms with Gasteiger partial charge in [-0.05, 0) is 47.2 Å². The van der Waals surface area contributed by atoms with E-state index in [2.05, 4.69) is 120 Å². The van der Waals surface area contributed by atoms with Crippen LogP contribution in [0.4, 0.5) is 5.69 Å². The van der Waals surface area contributed by atoms with Crippen LogP contribution in [0, 0.1) is 18.4 Å². The van der Waals surface area contributed by atoms with E-state index in [1.165, 1.54) is 10.8 Å². The molecule has 0 spiro atoms. The molecule has 5 heteroatoms. The molecule has 5 nitrogen and oxygen atoms in total. The van der Waals surface area contributed by atoms with Crippen LogP contribution in [0.3, 0.4) is 0 Å². The number of nitrogens with zero attached hydrogens (tertiary/aromatic N) is 4. The van der Waals surface area contributed by atoms with Gasteiger partial charge in [0.2, 0.25) is 17.1 Å². The van der Waals surface area contributed by atoms with Crippen molar-refractivity contribution in [1.29, 1.82) is 0 Å². The van der Waals surface area contributed by atoms with Crippen molar-refractivity contribution in [2.24, 2.45) is 11.8 Å². The molecule has 2 aliphatic rings. The second-order valence-corrected chi connectivity index (χ2v) is 13.2. The first-order valence-electron chi connectivity index (χ1n) is 16.2. The second kappa shape index (κ2) is 11.6. The number of hydrogen-bond donors (Lipinski definition) is 0. The number of carbonyl (C=O) groups excluding carboxylic acids is 1. The van der Waals surface area contributed by atoms with Gasteiger partial charge in [0.1, 0.15) is 6.54 Å². The smallest absolute Gasteiger partial charge is 0.214 e. The van der Waals surface area contributed by atoms with E-state index in [0.29, 0.717) is 28.6 Å². The van der Waals surface area contributed by atoms with Crippen LogP contribution in [0.25, 0.3) is 48.8 Å². The van der Waals surface area contributed by atoms with Gasteiger partial charge >= 0.3 is 0 Å². The van der Waals surface area contributed by atoms with Crippen molar-refractivity contribution in [3.05, 3.63) is 129 Å². The van der Waals surface area contributed by atoms with E-state index in [1.54, 1.807) is 0 Å². The quantitative estimate of drug-likeness (QED) is 0.0724. The highest BCUT2D eigenvalue weighted by atomic mass is 16.1. The van der Waals surface area contributed by atoms with Crippen molar-refractivity contribution >= 4 is 61.6 Å². The number of carbonyl (C=O) groups is 1. The Morgan fingerprint density at radius 1 is 0.913 bits per heavy atom. The number of ketones is 1. The Balaban J connectivity index is 1.47. The zero-order valence-corrected chi connectivity index (χ0v) is 26.8. The predicted octanol–water partition coefficient (Wildman–Crippen LogP) is 8.53. The largest absolute Gasteiger partial charge is 0.775 e. The Labute approximate surface area is 269 Å². The van der Waals surface area contributed by atoms with E-state index in [0.717, 1.165) is 69.9 Å². The molecule has 4 aromatic carbocycles. The van der Waals surface area contributed by atoms with Crippen LogP contribution in [-0.2, 0) is 11.3 Å². The number of benzene rings is 4. The fraction of sp³-hybridized carbons (Fsp3) is 0.244. The molecule has 226 valence electrons. The fourth-order valence-corrected chi connectivity index (χ4v) is 7.03. The molecule has 0 fully saturated rings. The van der Waals surface area contributed by atoms with E-state index in [1.807, 2.05) is 12.2 Å². The van der Waals surface area contributed by atoms with Gasteiger partial charge in [-0.25, -0.2) is 4.85 Å². The molecule has 1 aliphatic heterocycles. The normalized spacial score (nSPS) is 15.7. The Bertz CT molecular complexity index is 2340. The standard InChI is InChI=1S/C41H36N4O/c1-25(2)18-20-44-34-16-8-12-27-10-6-14-29(38(27)34)36(44)22-31-40(33(24-42)43-5)32(41(31)46)23-37-30-15-7-11-28-13-9-17-35(39(28)30)45(37)21-19-26(3)4/h6-17,22-23,25-26H,18-21H2,1-4H3.